The summed E-state index contributed by atoms with van der Waals surface area (Å²) in [6.07, 6.45) is 8.77. The molecule has 0 aromatic heterocycles. The number of unbranched alkanes of at least 4 members (excludes halogenated alkanes) is 2. The molecule has 0 aromatic carbocycles. The SMILES string of the molecule is O=C(O)C=CC=CCCCCO. The fourth-order valence-electron chi connectivity index (χ4n) is 0.687. The Hall–Kier alpha value is -1.09. The largest absolute Gasteiger partial charge is 0.478 e. The zero-order valence-corrected chi connectivity index (χ0v) is 6.94. The lowest BCUT2D eigenvalue weighted by molar-refractivity contribution is -0.131. The van der Waals surface area contributed by atoms with Gasteiger partial charge < -0.3 is 10.2 Å². The summed E-state index contributed by atoms with van der Waals surface area (Å²) in [6.45, 7) is 0.221. The van der Waals surface area contributed by atoms with Crippen LogP contribution in [-0.4, -0.2) is 22.8 Å². The molecule has 0 rings (SSSR count). The Morgan fingerprint density at radius 1 is 1.25 bits per heavy atom. The van der Waals surface area contributed by atoms with Gasteiger partial charge in [0.1, 0.15) is 0 Å². The van der Waals surface area contributed by atoms with Crippen LogP contribution in [-0.2, 0) is 4.79 Å². The lowest BCUT2D eigenvalue weighted by Gasteiger charge is -1.89. The first-order valence-corrected chi connectivity index (χ1v) is 3.94. The summed E-state index contributed by atoms with van der Waals surface area (Å²) < 4.78 is 0. The van der Waals surface area contributed by atoms with Crippen LogP contribution in [0.2, 0.25) is 0 Å². The summed E-state index contributed by atoms with van der Waals surface area (Å²) in [6, 6.07) is 0. The molecular formula is C9H14O3. The van der Waals surface area contributed by atoms with Gasteiger partial charge in [-0.15, -0.1) is 0 Å². The molecule has 0 atom stereocenters. The molecule has 0 heterocycles. The summed E-state index contributed by atoms with van der Waals surface area (Å²) in [5.74, 6) is -0.935. The van der Waals surface area contributed by atoms with Crippen LogP contribution in [0.25, 0.3) is 0 Å². The maximum absolute atomic E-state index is 9.98. The minimum atomic E-state index is -0.935. The smallest absolute Gasteiger partial charge is 0.328 e. The van der Waals surface area contributed by atoms with Crippen LogP contribution in [0.1, 0.15) is 19.3 Å². The second-order valence-electron chi connectivity index (χ2n) is 2.34. The Labute approximate surface area is 72.0 Å². The van der Waals surface area contributed by atoms with Crippen LogP contribution in [0, 0.1) is 0 Å². The third-order valence-corrected chi connectivity index (χ3v) is 1.26. The summed E-state index contributed by atoms with van der Waals surface area (Å²) >= 11 is 0. The predicted molar refractivity (Wildman–Crippen MR) is 46.9 cm³/mol. The fourth-order valence-corrected chi connectivity index (χ4v) is 0.687. The molecule has 2 N–H and O–H groups in total. The average Bonchev–Trinajstić information content (AvgIpc) is 2.02. The van der Waals surface area contributed by atoms with Crippen LogP contribution in [0.5, 0.6) is 0 Å². The van der Waals surface area contributed by atoms with Crippen LogP contribution in [0.15, 0.2) is 24.3 Å². The molecular weight excluding hydrogens is 156 g/mol. The Morgan fingerprint density at radius 3 is 2.58 bits per heavy atom. The number of aliphatic hydroxyl groups is 1. The molecule has 0 saturated carbocycles. The van der Waals surface area contributed by atoms with E-state index in [0.717, 1.165) is 25.3 Å². The monoisotopic (exact) mass is 170 g/mol. The molecule has 0 unspecified atom stereocenters. The van der Waals surface area contributed by atoms with Crippen molar-refractivity contribution in [2.75, 3.05) is 6.61 Å². The summed E-state index contributed by atoms with van der Waals surface area (Å²) in [7, 11) is 0. The van der Waals surface area contributed by atoms with Gasteiger partial charge in [0.15, 0.2) is 0 Å². The van der Waals surface area contributed by atoms with Crippen molar-refractivity contribution in [2.45, 2.75) is 19.3 Å². The summed E-state index contributed by atoms with van der Waals surface area (Å²) in [5.41, 5.74) is 0. The quantitative estimate of drug-likeness (QED) is 0.359. The number of aliphatic carboxylic acids is 1. The minimum absolute atomic E-state index is 0.221. The number of carbonyl (C=O) groups is 1. The normalized spacial score (nSPS) is 11.4. The van der Waals surface area contributed by atoms with E-state index in [0.29, 0.717) is 0 Å². The Balaban J connectivity index is 3.31. The molecule has 12 heavy (non-hydrogen) atoms. The van der Waals surface area contributed by atoms with Crippen molar-refractivity contribution >= 4 is 5.97 Å². The molecule has 0 saturated heterocycles. The minimum Gasteiger partial charge on any atom is -0.478 e. The number of rotatable bonds is 6. The molecule has 0 aromatic rings. The lowest BCUT2D eigenvalue weighted by atomic mass is 10.2. The summed E-state index contributed by atoms with van der Waals surface area (Å²) in [4.78, 5) is 9.98. The van der Waals surface area contributed by atoms with Crippen molar-refractivity contribution in [1.82, 2.24) is 0 Å². The van der Waals surface area contributed by atoms with Gasteiger partial charge in [0.25, 0.3) is 0 Å². The van der Waals surface area contributed by atoms with Crippen molar-refractivity contribution in [3.05, 3.63) is 24.3 Å². The van der Waals surface area contributed by atoms with Crippen molar-refractivity contribution in [2.24, 2.45) is 0 Å². The van der Waals surface area contributed by atoms with Crippen molar-refractivity contribution in [1.29, 1.82) is 0 Å². The zero-order chi connectivity index (χ0) is 9.23. The van der Waals surface area contributed by atoms with Crippen LogP contribution in [0.3, 0.4) is 0 Å². The van der Waals surface area contributed by atoms with E-state index in [1.54, 1.807) is 6.08 Å². The third-order valence-electron chi connectivity index (χ3n) is 1.26. The first-order chi connectivity index (χ1) is 5.77. The van der Waals surface area contributed by atoms with Gasteiger partial charge in [-0.1, -0.05) is 18.2 Å². The standard InChI is InChI=1S/C9H14O3/c10-8-6-4-2-1-3-5-7-9(11)12/h1,3,5,7,10H,2,4,6,8H2,(H,11,12). The van der Waals surface area contributed by atoms with Crippen molar-refractivity contribution < 1.29 is 15.0 Å². The van der Waals surface area contributed by atoms with Gasteiger partial charge >= 0.3 is 5.97 Å². The maximum atomic E-state index is 9.98. The van der Waals surface area contributed by atoms with Gasteiger partial charge in [-0.3, -0.25) is 0 Å². The molecule has 0 aliphatic carbocycles. The van der Waals surface area contributed by atoms with E-state index < -0.39 is 5.97 Å². The molecule has 0 spiro atoms. The molecule has 0 fully saturated rings. The van der Waals surface area contributed by atoms with Gasteiger partial charge in [-0.25, -0.2) is 4.79 Å². The van der Waals surface area contributed by atoms with E-state index in [-0.39, 0.29) is 6.61 Å². The molecule has 0 aliphatic heterocycles. The van der Waals surface area contributed by atoms with Gasteiger partial charge in [0.05, 0.1) is 0 Å². The maximum Gasteiger partial charge on any atom is 0.328 e. The fraction of sp³-hybridized carbons (Fsp3) is 0.444. The zero-order valence-electron chi connectivity index (χ0n) is 6.94. The first kappa shape index (κ1) is 10.9. The van der Waals surface area contributed by atoms with Crippen LogP contribution in [0.4, 0.5) is 0 Å². The second-order valence-corrected chi connectivity index (χ2v) is 2.34. The van der Waals surface area contributed by atoms with Gasteiger partial charge in [0, 0.05) is 12.7 Å². The van der Waals surface area contributed by atoms with E-state index in [1.165, 1.54) is 6.08 Å². The molecule has 3 nitrogen and oxygen atoms in total. The summed E-state index contributed by atoms with van der Waals surface area (Å²) in [5, 5.41) is 16.6. The Morgan fingerprint density at radius 2 is 2.00 bits per heavy atom. The van der Waals surface area contributed by atoms with Gasteiger partial charge in [-0.2, -0.15) is 0 Å². The number of carboxylic acids is 1. The Kier molecular flexibility index (Phi) is 7.28. The highest BCUT2D eigenvalue weighted by Crippen LogP contribution is 1.95. The van der Waals surface area contributed by atoms with Crippen LogP contribution < -0.4 is 0 Å². The van der Waals surface area contributed by atoms with Gasteiger partial charge in [0.2, 0.25) is 0 Å². The highest BCUT2D eigenvalue weighted by Gasteiger charge is 1.82. The molecule has 0 bridgehead atoms. The lowest BCUT2D eigenvalue weighted by Crippen LogP contribution is -1.84. The van der Waals surface area contributed by atoms with Crippen molar-refractivity contribution in [3.8, 4) is 0 Å². The number of hydrogen-bond donors (Lipinski definition) is 2. The predicted octanol–water partition coefficient (Wildman–Crippen LogP) is 1.35. The molecule has 0 aliphatic rings. The number of allylic oxidation sites excluding steroid dienone is 3. The van der Waals surface area contributed by atoms with E-state index in [9.17, 15) is 4.79 Å². The number of carboxylic acid groups (broad SMARTS) is 1. The third kappa shape index (κ3) is 8.91. The number of hydrogen-bond acceptors (Lipinski definition) is 2. The van der Waals surface area contributed by atoms with E-state index in [1.807, 2.05) is 6.08 Å². The first-order valence-electron chi connectivity index (χ1n) is 3.94. The molecule has 3 heteroatoms. The topological polar surface area (TPSA) is 57.5 Å². The number of aliphatic hydroxyl groups excluding tert-OH is 1. The average molecular weight is 170 g/mol. The van der Waals surface area contributed by atoms with Crippen LogP contribution >= 0.6 is 0 Å². The highest BCUT2D eigenvalue weighted by atomic mass is 16.4. The van der Waals surface area contributed by atoms with E-state index in [2.05, 4.69) is 0 Å². The highest BCUT2D eigenvalue weighted by molar-refractivity contribution is 5.80. The van der Waals surface area contributed by atoms with E-state index >= 15 is 0 Å². The van der Waals surface area contributed by atoms with Gasteiger partial charge in [-0.05, 0) is 19.3 Å². The Bertz CT molecular complexity index is 171. The second kappa shape index (κ2) is 8.01. The molecule has 0 amide bonds. The van der Waals surface area contributed by atoms with Crippen molar-refractivity contribution in [3.63, 3.8) is 0 Å². The molecule has 0 radical (unpaired) electrons. The van der Waals surface area contributed by atoms with E-state index in [4.69, 9.17) is 10.2 Å². The molecule has 68 valence electrons.